The first-order valence-corrected chi connectivity index (χ1v) is 9.19. The molecule has 154 valence electrons. The van der Waals surface area contributed by atoms with Crippen LogP contribution in [0.5, 0.6) is 0 Å². The van der Waals surface area contributed by atoms with Crippen LogP contribution in [0, 0.1) is 18.3 Å². The number of hydrogen-bond acceptors (Lipinski definition) is 4. The lowest BCUT2D eigenvalue weighted by molar-refractivity contribution is -0.144. The second kappa shape index (κ2) is 11.5. The van der Waals surface area contributed by atoms with Gasteiger partial charge in [-0.2, -0.15) is 0 Å². The van der Waals surface area contributed by atoms with Crippen LogP contribution < -0.4 is 11.1 Å². The summed E-state index contributed by atoms with van der Waals surface area (Å²) in [6, 6.07) is 5.54. The van der Waals surface area contributed by atoms with E-state index in [4.69, 9.17) is 5.73 Å². The molecule has 1 aromatic rings. The molecule has 6 nitrogen and oxygen atoms in total. The third-order valence-electron chi connectivity index (χ3n) is 5.42. The smallest absolute Gasteiger partial charge is 0.230 e. The molecule has 0 bridgehead atoms. The number of nitrogens with two attached hydrogens (primary N) is 1. The van der Waals surface area contributed by atoms with E-state index in [1.807, 2.05) is 37.8 Å². The Morgan fingerprint density at radius 3 is 2.52 bits per heavy atom. The molecule has 3 N–H and O–H groups in total. The summed E-state index contributed by atoms with van der Waals surface area (Å²) >= 11 is 0. The highest BCUT2D eigenvalue weighted by atomic mass is 35.5. The summed E-state index contributed by atoms with van der Waals surface area (Å²) in [5.74, 6) is 0.379. The predicted octanol–water partition coefficient (Wildman–Crippen LogP) is 3.18. The summed E-state index contributed by atoms with van der Waals surface area (Å²) in [4.78, 5) is 31.7. The van der Waals surface area contributed by atoms with Gasteiger partial charge in [0.1, 0.15) is 5.82 Å². The van der Waals surface area contributed by atoms with E-state index >= 15 is 0 Å². The molecule has 1 unspecified atom stereocenters. The zero-order valence-electron chi connectivity index (χ0n) is 16.4. The van der Waals surface area contributed by atoms with Crippen molar-refractivity contribution in [3.05, 3.63) is 23.9 Å². The van der Waals surface area contributed by atoms with Crippen molar-refractivity contribution in [2.45, 2.75) is 46.5 Å². The van der Waals surface area contributed by atoms with Crippen molar-refractivity contribution in [2.75, 3.05) is 25.0 Å². The molecule has 0 saturated carbocycles. The Morgan fingerprint density at radius 2 is 1.96 bits per heavy atom. The fourth-order valence-corrected chi connectivity index (χ4v) is 3.48. The van der Waals surface area contributed by atoms with E-state index < -0.39 is 5.41 Å². The third-order valence-corrected chi connectivity index (χ3v) is 5.42. The summed E-state index contributed by atoms with van der Waals surface area (Å²) in [6.45, 7) is 7.40. The zero-order valence-corrected chi connectivity index (χ0v) is 18.0. The minimum Gasteiger partial charge on any atom is -0.341 e. The van der Waals surface area contributed by atoms with Gasteiger partial charge in [0.2, 0.25) is 11.8 Å². The molecule has 1 aliphatic heterocycles. The van der Waals surface area contributed by atoms with Crippen LogP contribution in [0.15, 0.2) is 18.2 Å². The van der Waals surface area contributed by atoms with Gasteiger partial charge < -0.3 is 16.0 Å². The Morgan fingerprint density at radius 1 is 1.30 bits per heavy atom. The molecule has 0 radical (unpaired) electrons. The van der Waals surface area contributed by atoms with Crippen molar-refractivity contribution in [3.8, 4) is 0 Å². The third kappa shape index (κ3) is 6.06. The first-order valence-electron chi connectivity index (χ1n) is 9.19. The lowest BCUT2D eigenvalue weighted by atomic mass is 9.80. The summed E-state index contributed by atoms with van der Waals surface area (Å²) in [7, 11) is 0. The molecule has 2 rings (SSSR count). The Labute approximate surface area is 174 Å². The average molecular weight is 419 g/mol. The molecule has 0 spiro atoms. The van der Waals surface area contributed by atoms with E-state index in [0.29, 0.717) is 25.5 Å². The van der Waals surface area contributed by atoms with Crippen LogP contribution in [-0.4, -0.2) is 41.3 Å². The maximum Gasteiger partial charge on any atom is 0.230 e. The first kappa shape index (κ1) is 25.6. The molecule has 8 heteroatoms. The molecule has 0 aliphatic carbocycles. The summed E-state index contributed by atoms with van der Waals surface area (Å²) in [6.07, 6.45) is 3.06. The number of aryl methyl sites for hydroxylation is 1. The highest BCUT2D eigenvalue weighted by molar-refractivity contribution is 5.92. The van der Waals surface area contributed by atoms with Crippen molar-refractivity contribution in [1.29, 1.82) is 0 Å². The maximum atomic E-state index is 13.0. The van der Waals surface area contributed by atoms with Crippen molar-refractivity contribution in [2.24, 2.45) is 17.1 Å². The lowest BCUT2D eigenvalue weighted by Gasteiger charge is -2.39. The molecule has 2 heterocycles. The number of halogens is 2. The molecular weight excluding hydrogens is 387 g/mol. The number of aromatic nitrogens is 1. The Kier molecular flexibility index (Phi) is 10.9. The van der Waals surface area contributed by atoms with E-state index in [1.54, 1.807) is 6.07 Å². The zero-order chi connectivity index (χ0) is 18.4. The molecule has 1 atom stereocenters. The van der Waals surface area contributed by atoms with Crippen molar-refractivity contribution in [1.82, 2.24) is 9.88 Å². The van der Waals surface area contributed by atoms with E-state index in [0.717, 1.165) is 31.4 Å². The van der Waals surface area contributed by atoms with Crippen molar-refractivity contribution >= 4 is 42.4 Å². The summed E-state index contributed by atoms with van der Waals surface area (Å²) in [5.41, 5.74) is 6.27. The Bertz CT molecular complexity index is 615. The number of carbonyl (C=O) groups is 2. The van der Waals surface area contributed by atoms with E-state index in [-0.39, 0.29) is 42.5 Å². The highest BCUT2D eigenvalue weighted by Crippen LogP contribution is 2.30. The number of pyridine rings is 1. The maximum absolute atomic E-state index is 13.0. The van der Waals surface area contributed by atoms with Gasteiger partial charge in [-0.15, -0.1) is 24.8 Å². The molecule has 27 heavy (non-hydrogen) atoms. The molecule has 1 fully saturated rings. The molecule has 1 aromatic heterocycles. The van der Waals surface area contributed by atoms with Crippen LogP contribution >= 0.6 is 24.8 Å². The van der Waals surface area contributed by atoms with Gasteiger partial charge in [0.05, 0.1) is 11.3 Å². The Hall–Kier alpha value is -1.37. The van der Waals surface area contributed by atoms with E-state index in [2.05, 4.69) is 10.3 Å². The quantitative estimate of drug-likeness (QED) is 0.741. The van der Waals surface area contributed by atoms with Gasteiger partial charge in [-0.05, 0) is 44.7 Å². The molecule has 0 aromatic carbocycles. The predicted molar refractivity (Wildman–Crippen MR) is 113 cm³/mol. The SMILES string of the molecule is CCC(CC)(CN)C(=O)N1CCCC(C(=O)Nc2cccc(C)n2)C1.Cl.Cl. The summed E-state index contributed by atoms with van der Waals surface area (Å²) < 4.78 is 0. The van der Waals surface area contributed by atoms with Gasteiger partial charge >= 0.3 is 0 Å². The van der Waals surface area contributed by atoms with Crippen molar-refractivity contribution in [3.63, 3.8) is 0 Å². The number of likely N-dealkylation sites (tertiary alicyclic amines) is 1. The fraction of sp³-hybridized carbons (Fsp3) is 0.632. The normalized spacial score (nSPS) is 16.7. The van der Waals surface area contributed by atoms with Gasteiger partial charge in [-0.3, -0.25) is 9.59 Å². The number of rotatable bonds is 6. The Balaban J connectivity index is 0.00000338. The average Bonchev–Trinajstić information content (AvgIpc) is 2.63. The number of carbonyl (C=O) groups excluding carboxylic acids is 2. The van der Waals surface area contributed by atoms with Crippen LogP contribution in [0.25, 0.3) is 0 Å². The van der Waals surface area contributed by atoms with Gasteiger partial charge in [0.15, 0.2) is 0 Å². The fourth-order valence-electron chi connectivity index (χ4n) is 3.48. The molecular formula is C19H32Cl2N4O2. The minimum atomic E-state index is -0.504. The minimum absolute atomic E-state index is 0. The highest BCUT2D eigenvalue weighted by Gasteiger charge is 2.39. The first-order chi connectivity index (χ1) is 12.0. The number of amides is 2. The number of nitrogens with one attached hydrogen (secondary N) is 1. The second-order valence-corrected chi connectivity index (χ2v) is 6.94. The lowest BCUT2D eigenvalue weighted by Crippen LogP contribution is -2.52. The van der Waals surface area contributed by atoms with Crippen LogP contribution in [-0.2, 0) is 9.59 Å². The number of nitrogens with zero attached hydrogens (tertiary/aromatic N) is 2. The van der Waals surface area contributed by atoms with Gasteiger partial charge in [0.25, 0.3) is 0 Å². The van der Waals surface area contributed by atoms with Gasteiger partial charge in [-0.25, -0.2) is 4.98 Å². The second-order valence-electron chi connectivity index (χ2n) is 6.94. The standard InChI is InChI=1S/C19H30N4O2.2ClH/c1-4-19(5-2,13-20)18(25)23-11-7-9-15(12-23)17(24)22-16-10-6-8-14(3)21-16;;/h6,8,10,15H,4-5,7,9,11-13,20H2,1-3H3,(H,21,22,24);2*1H. The summed E-state index contributed by atoms with van der Waals surface area (Å²) in [5, 5.41) is 2.88. The van der Waals surface area contributed by atoms with E-state index in [1.165, 1.54) is 0 Å². The van der Waals surface area contributed by atoms with Crippen LogP contribution in [0.4, 0.5) is 5.82 Å². The van der Waals surface area contributed by atoms with Crippen LogP contribution in [0.2, 0.25) is 0 Å². The number of hydrogen-bond donors (Lipinski definition) is 2. The topological polar surface area (TPSA) is 88.3 Å². The van der Waals surface area contributed by atoms with Gasteiger partial charge in [-0.1, -0.05) is 19.9 Å². The number of piperidine rings is 1. The van der Waals surface area contributed by atoms with Crippen LogP contribution in [0.1, 0.15) is 45.2 Å². The number of anilines is 1. The van der Waals surface area contributed by atoms with Crippen molar-refractivity contribution < 1.29 is 9.59 Å². The van der Waals surface area contributed by atoms with Crippen LogP contribution in [0.3, 0.4) is 0 Å². The van der Waals surface area contributed by atoms with Gasteiger partial charge in [0, 0.05) is 25.3 Å². The molecule has 2 amide bonds. The largest absolute Gasteiger partial charge is 0.341 e. The van der Waals surface area contributed by atoms with E-state index in [9.17, 15) is 9.59 Å². The molecule has 1 saturated heterocycles. The monoisotopic (exact) mass is 418 g/mol. The molecule has 1 aliphatic rings.